The number of carbonyl (C=O) groups is 2. The van der Waals surface area contributed by atoms with Gasteiger partial charge in [-0.15, -0.1) is 13.2 Å². The molecule has 7 nitrogen and oxygen atoms in total. The Balaban J connectivity index is 1.99. The lowest BCUT2D eigenvalue weighted by molar-refractivity contribution is -0.274. The summed E-state index contributed by atoms with van der Waals surface area (Å²) in [5, 5.41) is 12.3. The second kappa shape index (κ2) is 11.2. The first-order valence-corrected chi connectivity index (χ1v) is 10.9. The largest absolute Gasteiger partial charge is 0.573 e. The minimum absolute atomic E-state index is 0.104. The lowest BCUT2D eigenvalue weighted by Crippen LogP contribution is -2.34. The van der Waals surface area contributed by atoms with Crippen LogP contribution >= 0.6 is 11.6 Å². The third-order valence-corrected chi connectivity index (χ3v) is 5.37. The van der Waals surface area contributed by atoms with E-state index in [1.807, 2.05) is 6.92 Å². The molecule has 11 heteroatoms. The van der Waals surface area contributed by atoms with Crippen molar-refractivity contribution < 1.29 is 32.6 Å². The highest BCUT2D eigenvalue weighted by atomic mass is 35.5. The van der Waals surface area contributed by atoms with Gasteiger partial charge in [0.15, 0.2) is 0 Å². The van der Waals surface area contributed by atoms with Gasteiger partial charge < -0.3 is 15.2 Å². The summed E-state index contributed by atoms with van der Waals surface area (Å²) in [6, 6.07) is 10.7. The Hall–Kier alpha value is -3.66. The number of benzene rings is 2. The SMILES string of the molecule is CCCC(c1ccc(C(=O)O)cc1)C(NC(=O)c1ncc(Cl)cn1)c1ccc(OC(F)(F)F)cc1. The summed E-state index contributed by atoms with van der Waals surface area (Å²) in [5.74, 6) is -2.55. The number of carboxylic acid groups (broad SMARTS) is 1. The van der Waals surface area contributed by atoms with E-state index >= 15 is 0 Å². The van der Waals surface area contributed by atoms with Gasteiger partial charge in [-0.3, -0.25) is 4.79 Å². The first-order valence-electron chi connectivity index (χ1n) is 10.5. The van der Waals surface area contributed by atoms with E-state index in [1.54, 1.807) is 12.1 Å². The second-order valence-electron chi connectivity index (χ2n) is 7.62. The first-order chi connectivity index (χ1) is 16.6. The Morgan fingerprint density at radius 2 is 1.60 bits per heavy atom. The molecule has 0 aliphatic heterocycles. The molecule has 0 saturated heterocycles. The number of rotatable bonds is 9. The Labute approximate surface area is 203 Å². The van der Waals surface area contributed by atoms with E-state index in [2.05, 4.69) is 20.0 Å². The molecular formula is C24H21ClF3N3O4. The average Bonchev–Trinajstić information content (AvgIpc) is 2.81. The van der Waals surface area contributed by atoms with Crippen molar-refractivity contribution in [2.24, 2.45) is 0 Å². The summed E-state index contributed by atoms with van der Waals surface area (Å²) in [6.45, 7) is 1.94. The van der Waals surface area contributed by atoms with Gasteiger partial charge in [-0.05, 0) is 41.8 Å². The molecule has 0 saturated carbocycles. The molecule has 2 atom stereocenters. The van der Waals surface area contributed by atoms with Crippen LogP contribution in [0.25, 0.3) is 0 Å². The number of hydrogen-bond donors (Lipinski definition) is 2. The smallest absolute Gasteiger partial charge is 0.478 e. The van der Waals surface area contributed by atoms with Crippen LogP contribution in [0.15, 0.2) is 60.9 Å². The summed E-state index contributed by atoms with van der Waals surface area (Å²) in [6.07, 6.45) is -0.993. The number of nitrogens with one attached hydrogen (secondary N) is 1. The first kappa shape index (κ1) is 26.0. The molecule has 0 spiro atoms. The van der Waals surface area contributed by atoms with E-state index in [0.717, 1.165) is 17.7 Å². The number of aromatic nitrogens is 2. The second-order valence-corrected chi connectivity index (χ2v) is 8.05. The van der Waals surface area contributed by atoms with Crippen LogP contribution in [0.5, 0.6) is 5.75 Å². The maximum Gasteiger partial charge on any atom is 0.573 e. The quantitative estimate of drug-likeness (QED) is 0.380. The van der Waals surface area contributed by atoms with Crippen LogP contribution in [0, 0.1) is 0 Å². The van der Waals surface area contributed by atoms with Crippen molar-refractivity contribution in [2.75, 3.05) is 0 Å². The molecule has 2 unspecified atom stereocenters. The van der Waals surface area contributed by atoms with Crippen molar-refractivity contribution in [3.05, 3.63) is 88.5 Å². The summed E-state index contributed by atoms with van der Waals surface area (Å²) in [7, 11) is 0. The number of carbonyl (C=O) groups excluding carboxylic acids is 1. The van der Waals surface area contributed by atoms with Crippen molar-refractivity contribution in [1.29, 1.82) is 0 Å². The Morgan fingerprint density at radius 1 is 1.03 bits per heavy atom. The summed E-state index contributed by atoms with van der Waals surface area (Å²) in [4.78, 5) is 32.0. The molecule has 0 aliphatic rings. The standard InChI is InChI=1S/C24H21ClF3N3O4/c1-2-3-19(14-4-6-16(7-5-14)23(33)34)20(31-22(32)21-29-12-17(25)13-30-21)15-8-10-18(11-9-15)35-24(26,27)28/h4-13,19-20H,2-3H2,1H3,(H,31,32)(H,33,34). The van der Waals surface area contributed by atoms with E-state index in [9.17, 15) is 27.9 Å². The minimum Gasteiger partial charge on any atom is -0.478 e. The number of alkyl halides is 3. The van der Waals surface area contributed by atoms with Crippen LogP contribution in [0.1, 0.15) is 63.8 Å². The van der Waals surface area contributed by atoms with Crippen LogP contribution < -0.4 is 10.1 Å². The molecule has 184 valence electrons. The molecule has 0 radical (unpaired) electrons. The van der Waals surface area contributed by atoms with Gasteiger partial charge in [-0.25, -0.2) is 14.8 Å². The maximum atomic E-state index is 12.9. The maximum absolute atomic E-state index is 12.9. The van der Waals surface area contributed by atoms with Gasteiger partial charge in [-0.1, -0.05) is 49.2 Å². The summed E-state index contributed by atoms with van der Waals surface area (Å²) >= 11 is 5.79. The zero-order chi connectivity index (χ0) is 25.6. The van der Waals surface area contributed by atoms with Gasteiger partial charge in [0.25, 0.3) is 5.91 Å². The number of aromatic carboxylic acids is 1. The predicted octanol–water partition coefficient (Wildman–Crippen LogP) is 5.78. The highest BCUT2D eigenvalue weighted by Crippen LogP contribution is 2.36. The molecule has 2 N–H and O–H groups in total. The fraction of sp³-hybridized carbons (Fsp3) is 0.250. The van der Waals surface area contributed by atoms with E-state index in [1.165, 1.54) is 36.7 Å². The Bertz CT molecular complexity index is 1150. The molecule has 1 heterocycles. The highest BCUT2D eigenvalue weighted by Gasteiger charge is 2.32. The third-order valence-electron chi connectivity index (χ3n) is 5.17. The van der Waals surface area contributed by atoms with Gasteiger partial charge in [-0.2, -0.15) is 0 Å². The number of ether oxygens (including phenoxy) is 1. The van der Waals surface area contributed by atoms with Crippen molar-refractivity contribution in [3.8, 4) is 5.75 Å². The summed E-state index contributed by atoms with van der Waals surface area (Å²) in [5.41, 5.74) is 1.37. The van der Waals surface area contributed by atoms with Crippen molar-refractivity contribution in [2.45, 2.75) is 38.1 Å². The average molecular weight is 508 g/mol. The molecular weight excluding hydrogens is 487 g/mol. The normalized spacial score (nSPS) is 13.1. The topological polar surface area (TPSA) is 101 Å². The zero-order valence-electron chi connectivity index (χ0n) is 18.4. The number of carboxylic acids is 1. The van der Waals surface area contributed by atoms with E-state index < -0.39 is 30.0 Å². The molecule has 3 rings (SSSR count). The van der Waals surface area contributed by atoms with Gasteiger partial charge >= 0.3 is 12.3 Å². The summed E-state index contributed by atoms with van der Waals surface area (Å²) < 4.78 is 41.7. The molecule has 35 heavy (non-hydrogen) atoms. The van der Waals surface area contributed by atoms with Gasteiger partial charge in [0.1, 0.15) is 5.75 Å². The lowest BCUT2D eigenvalue weighted by Gasteiger charge is -2.29. The van der Waals surface area contributed by atoms with E-state index in [0.29, 0.717) is 18.4 Å². The molecule has 3 aromatic rings. The highest BCUT2D eigenvalue weighted by molar-refractivity contribution is 6.30. The molecule has 0 bridgehead atoms. The van der Waals surface area contributed by atoms with Gasteiger partial charge in [0.2, 0.25) is 5.82 Å². The lowest BCUT2D eigenvalue weighted by atomic mass is 9.83. The van der Waals surface area contributed by atoms with Crippen LogP contribution in [-0.4, -0.2) is 33.3 Å². The third kappa shape index (κ3) is 7.16. The Morgan fingerprint density at radius 3 is 2.11 bits per heavy atom. The molecule has 0 fully saturated rings. The van der Waals surface area contributed by atoms with Crippen LogP contribution in [-0.2, 0) is 0 Å². The van der Waals surface area contributed by atoms with E-state index in [-0.39, 0.29) is 22.3 Å². The number of nitrogens with zero attached hydrogens (tertiary/aromatic N) is 2. The van der Waals surface area contributed by atoms with Crippen LogP contribution in [0.3, 0.4) is 0 Å². The number of halogens is 4. The molecule has 1 aromatic heterocycles. The molecule has 0 aliphatic carbocycles. The zero-order valence-corrected chi connectivity index (χ0v) is 19.2. The van der Waals surface area contributed by atoms with Crippen LogP contribution in [0.2, 0.25) is 5.02 Å². The van der Waals surface area contributed by atoms with Crippen LogP contribution in [0.4, 0.5) is 13.2 Å². The van der Waals surface area contributed by atoms with E-state index in [4.69, 9.17) is 11.6 Å². The predicted molar refractivity (Wildman–Crippen MR) is 121 cm³/mol. The van der Waals surface area contributed by atoms with Crippen molar-refractivity contribution in [1.82, 2.24) is 15.3 Å². The monoisotopic (exact) mass is 507 g/mol. The fourth-order valence-corrected chi connectivity index (χ4v) is 3.74. The number of amides is 1. The Kier molecular flexibility index (Phi) is 8.29. The molecule has 2 aromatic carbocycles. The van der Waals surface area contributed by atoms with Gasteiger partial charge in [0.05, 0.1) is 16.6 Å². The fourth-order valence-electron chi connectivity index (χ4n) is 3.64. The van der Waals surface area contributed by atoms with Crippen molar-refractivity contribution >= 4 is 23.5 Å². The minimum atomic E-state index is -4.84. The number of hydrogen-bond acceptors (Lipinski definition) is 5. The molecule has 1 amide bonds. The van der Waals surface area contributed by atoms with Gasteiger partial charge in [0, 0.05) is 18.3 Å². The van der Waals surface area contributed by atoms with Crippen molar-refractivity contribution in [3.63, 3.8) is 0 Å².